The van der Waals surface area contributed by atoms with Crippen molar-refractivity contribution >= 4 is 24.0 Å². The highest BCUT2D eigenvalue weighted by molar-refractivity contribution is 5.91. The molecule has 0 unspecified atom stereocenters. The van der Waals surface area contributed by atoms with Crippen LogP contribution in [0.2, 0.25) is 0 Å². The molecule has 8 heteroatoms. The summed E-state index contributed by atoms with van der Waals surface area (Å²) in [6.07, 6.45) is 1.78. The van der Waals surface area contributed by atoms with Gasteiger partial charge in [0.15, 0.2) is 0 Å². The fourth-order valence-corrected chi connectivity index (χ4v) is 2.47. The normalized spacial score (nSPS) is 14.9. The maximum absolute atomic E-state index is 12.1. The summed E-state index contributed by atoms with van der Waals surface area (Å²) >= 11 is 0. The summed E-state index contributed by atoms with van der Waals surface area (Å²) in [7, 11) is 0. The Hall–Kier alpha value is -2.74. The average Bonchev–Trinajstić information content (AvgIpc) is 2.69. The Bertz CT molecular complexity index is 665. The van der Waals surface area contributed by atoms with Crippen molar-refractivity contribution in [2.45, 2.75) is 51.7 Å². The Kier molecular flexibility index (Phi) is 9.87. The van der Waals surface area contributed by atoms with E-state index in [0.717, 1.165) is 12.0 Å². The SMILES string of the molecule is CC[C@H](C)[C@@H](C=O)NC(=O)[C@H](C)NC(=O)CNC(=O)[C@@H](N)Cc1ccccc1. The number of carbonyl (C=O) groups excluding carboxylic acids is 4. The van der Waals surface area contributed by atoms with Gasteiger partial charge in [-0.25, -0.2) is 0 Å². The summed E-state index contributed by atoms with van der Waals surface area (Å²) in [5.74, 6) is -1.43. The lowest BCUT2D eigenvalue weighted by molar-refractivity contribution is -0.130. The number of hydrogen-bond donors (Lipinski definition) is 4. The van der Waals surface area contributed by atoms with Gasteiger partial charge in [-0.2, -0.15) is 0 Å². The second kappa shape index (κ2) is 11.9. The third-order valence-corrected chi connectivity index (χ3v) is 4.54. The number of benzene rings is 1. The third kappa shape index (κ3) is 7.87. The number of carbonyl (C=O) groups is 4. The first-order valence-corrected chi connectivity index (χ1v) is 9.40. The van der Waals surface area contributed by atoms with Crippen LogP contribution in [0.15, 0.2) is 30.3 Å². The van der Waals surface area contributed by atoms with Crippen molar-refractivity contribution in [2.24, 2.45) is 11.7 Å². The standard InChI is InChI=1S/C20H30N4O4/c1-4-13(2)17(12-25)24-19(27)14(3)23-18(26)11-22-20(28)16(21)10-15-8-6-5-7-9-15/h5-9,12-14,16-17H,4,10-11,21H2,1-3H3,(H,22,28)(H,23,26)(H,24,27)/t13-,14-,16-,17+/m0/s1. The zero-order chi connectivity index (χ0) is 21.1. The van der Waals surface area contributed by atoms with Crippen molar-refractivity contribution in [3.63, 3.8) is 0 Å². The molecule has 0 saturated carbocycles. The highest BCUT2D eigenvalue weighted by Gasteiger charge is 2.22. The van der Waals surface area contributed by atoms with Crippen molar-refractivity contribution in [2.75, 3.05) is 6.54 Å². The first-order chi connectivity index (χ1) is 13.3. The van der Waals surface area contributed by atoms with E-state index in [1.165, 1.54) is 6.92 Å². The molecule has 0 bridgehead atoms. The van der Waals surface area contributed by atoms with Crippen LogP contribution in [0, 0.1) is 5.92 Å². The summed E-state index contributed by atoms with van der Waals surface area (Å²) in [5.41, 5.74) is 6.78. The largest absolute Gasteiger partial charge is 0.346 e. The van der Waals surface area contributed by atoms with Gasteiger partial charge in [0.05, 0.1) is 18.6 Å². The molecule has 0 aliphatic carbocycles. The van der Waals surface area contributed by atoms with E-state index < -0.39 is 35.8 Å². The molecule has 0 aromatic heterocycles. The van der Waals surface area contributed by atoms with Crippen molar-refractivity contribution in [3.8, 4) is 0 Å². The minimum Gasteiger partial charge on any atom is -0.346 e. The molecule has 0 aliphatic rings. The molecule has 28 heavy (non-hydrogen) atoms. The molecule has 0 radical (unpaired) electrons. The first-order valence-electron chi connectivity index (χ1n) is 9.40. The Morgan fingerprint density at radius 2 is 1.71 bits per heavy atom. The lowest BCUT2D eigenvalue weighted by atomic mass is 10.0. The van der Waals surface area contributed by atoms with Gasteiger partial charge >= 0.3 is 0 Å². The minimum atomic E-state index is -0.839. The number of nitrogens with two attached hydrogens (primary N) is 1. The van der Waals surface area contributed by atoms with E-state index in [4.69, 9.17) is 5.73 Å². The highest BCUT2D eigenvalue weighted by Crippen LogP contribution is 2.05. The van der Waals surface area contributed by atoms with E-state index in [1.54, 1.807) is 0 Å². The van der Waals surface area contributed by atoms with Gasteiger partial charge in [0.1, 0.15) is 12.3 Å². The molecule has 5 N–H and O–H groups in total. The highest BCUT2D eigenvalue weighted by atomic mass is 16.2. The zero-order valence-electron chi connectivity index (χ0n) is 16.6. The van der Waals surface area contributed by atoms with Gasteiger partial charge in [0.25, 0.3) is 0 Å². The number of rotatable bonds is 11. The van der Waals surface area contributed by atoms with Crippen LogP contribution in [0.1, 0.15) is 32.8 Å². The van der Waals surface area contributed by atoms with Crippen LogP contribution in [0.5, 0.6) is 0 Å². The fourth-order valence-electron chi connectivity index (χ4n) is 2.47. The monoisotopic (exact) mass is 390 g/mol. The van der Waals surface area contributed by atoms with Crippen LogP contribution in [0.25, 0.3) is 0 Å². The van der Waals surface area contributed by atoms with Crippen LogP contribution < -0.4 is 21.7 Å². The molecule has 0 aliphatic heterocycles. The molecule has 0 spiro atoms. The van der Waals surface area contributed by atoms with Crippen LogP contribution in [0.3, 0.4) is 0 Å². The summed E-state index contributed by atoms with van der Waals surface area (Å²) in [4.78, 5) is 47.2. The molecule has 154 valence electrons. The first kappa shape index (κ1) is 23.3. The quantitative estimate of drug-likeness (QED) is 0.392. The minimum absolute atomic E-state index is 0.00487. The van der Waals surface area contributed by atoms with Gasteiger partial charge in [-0.1, -0.05) is 50.6 Å². The van der Waals surface area contributed by atoms with E-state index in [0.29, 0.717) is 12.7 Å². The average molecular weight is 390 g/mol. The summed E-state index contributed by atoms with van der Waals surface area (Å²) < 4.78 is 0. The van der Waals surface area contributed by atoms with Crippen LogP contribution >= 0.6 is 0 Å². The van der Waals surface area contributed by atoms with E-state index >= 15 is 0 Å². The van der Waals surface area contributed by atoms with E-state index in [2.05, 4.69) is 16.0 Å². The topological polar surface area (TPSA) is 130 Å². The molecule has 0 saturated heterocycles. The molecule has 3 amide bonds. The number of amides is 3. The number of aldehydes is 1. The second-order valence-electron chi connectivity index (χ2n) is 6.86. The van der Waals surface area contributed by atoms with Gasteiger partial charge in [0, 0.05) is 0 Å². The molecular formula is C20H30N4O4. The molecule has 8 nitrogen and oxygen atoms in total. The Morgan fingerprint density at radius 1 is 1.07 bits per heavy atom. The maximum Gasteiger partial charge on any atom is 0.242 e. The molecule has 0 heterocycles. The van der Waals surface area contributed by atoms with Gasteiger partial charge in [-0.3, -0.25) is 14.4 Å². The lowest BCUT2D eigenvalue weighted by Crippen LogP contribution is -2.52. The Balaban J connectivity index is 2.41. The molecule has 1 aromatic carbocycles. The fraction of sp³-hybridized carbons (Fsp3) is 0.500. The van der Waals surface area contributed by atoms with Gasteiger partial charge in [-0.15, -0.1) is 0 Å². The van der Waals surface area contributed by atoms with Gasteiger partial charge < -0.3 is 26.5 Å². The smallest absolute Gasteiger partial charge is 0.242 e. The van der Waals surface area contributed by atoms with Crippen molar-refractivity contribution in [1.82, 2.24) is 16.0 Å². The second-order valence-corrected chi connectivity index (χ2v) is 6.86. The van der Waals surface area contributed by atoms with Crippen LogP contribution in [0.4, 0.5) is 0 Å². The zero-order valence-corrected chi connectivity index (χ0v) is 16.6. The summed E-state index contributed by atoms with van der Waals surface area (Å²) in [6, 6.07) is 7.10. The summed E-state index contributed by atoms with van der Waals surface area (Å²) in [6.45, 7) is 5.00. The van der Waals surface area contributed by atoms with Gasteiger partial charge in [0.2, 0.25) is 17.7 Å². The predicted octanol–water partition coefficient (Wildman–Crippen LogP) is -0.0929. The number of nitrogens with one attached hydrogen (secondary N) is 3. The van der Waals surface area contributed by atoms with Crippen molar-refractivity contribution < 1.29 is 19.2 Å². The third-order valence-electron chi connectivity index (χ3n) is 4.54. The van der Waals surface area contributed by atoms with E-state index in [-0.39, 0.29) is 12.5 Å². The van der Waals surface area contributed by atoms with E-state index in [9.17, 15) is 19.2 Å². The van der Waals surface area contributed by atoms with Crippen LogP contribution in [-0.4, -0.2) is 48.7 Å². The van der Waals surface area contributed by atoms with E-state index in [1.807, 2.05) is 44.2 Å². The van der Waals surface area contributed by atoms with Crippen molar-refractivity contribution in [3.05, 3.63) is 35.9 Å². The lowest BCUT2D eigenvalue weighted by Gasteiger charge is -2.21. The summed E-state index contributed by atoms with van der Waals surface area (Å²) in [5, 5.41) is 7.55. The molecule has 0 fully saturated rings. The molecule has 4 atom stereocenters. The van der Waals surface area contributed by atoms with Gasteiger partial charge in [-0.05, 0) is 24.8 Å². The molecule has 1 aromatic rings. The van der Waals surface area contributed by atoms with Crippen molar-refractivity contribution in [1.29, 1.82) is 0 Å². The number of hydrogen-bond acceptors (Lipinski definition) is 5. The molecule has 1 rings (SSSR count). The maximum atomic E-state index is 12.1. The van der Waals surface area contributed by atoms with Crippen LogP contribution in [-0.2, 0) is 25.6 Å². The Morgan fingerprint density at radius 3 is 2.29 bits per heavy atom. The molecular weight excluding hydrogens is 360 g/mol. The predicted molar refractivity (Wildman–Crippen MR) is 106 cm³/mol. The Labute approximate surface area is 165 Å².